The molecule has 20 heavy (non-hydrogen) atoms. The molecule has 1 aliphatic heterocycles. The Morgan fingerprint density at radius 3 is 2.95 bits per heavy atom. The average molecular weight is 394 g/mol. The molecule has 3 rings (SSSR count). The molecular weight excluding hydrogens is 381 g/mol. The molecule has 0 spiro atoms. The fourth-order valence-corrected chi connectivity index (χ4v) is 3.06. The van der Waals surface area contributed by atoms with Crippen molar-refractivity contribution in [2.75, 3.05) is 6.61 Å². The summed E-state index contributed by atoms with van der Waals surface area (Å²) in [5.74, 6) is 0.148. The highest BCUT2D eigenvalue weighted by Gasteiger charge is 2.20. The van der Waals surface area contributed by atoms with E-state index in [-0.39, 0.29) is 12.0 Å². The van der Waals surface area contributed by atoms with Gasteiger partial charge in [0.1, 0.15) is 9.45 Å². The molecule has 0 bridgehead atoms. The summed E-state index contributed by atoms with van der Waals surface area (Å²) in [5.41, 5.74) is 0.878. The standard InChI is InChI=1S/C13H13F2IN2O2/c14-13(15)20-8-4-5-10-9(7-8)12(16)17-18(10)11-3-1-2-6-19-11/h4-5,7,11,13H,1-3,6H2. The monoisotopic (exact) mass is 394 g/mol. The van der Waals surface area contributed by atoms with E-state index in [4.69, 9.17) is 4.74 Å². The highest BCUT2D eigenvalue weighted by Crippen LogP contribution is 2.31. The number of hydrogen-bond donors (Lipinski definition) is 0. The van der Waals surface area contributed by atoms with Gasteiger partial charge in [0.2, 0.25) is 0 Å². The van der Waals surface area contributed by atoms with Crippen LogP contribution >= 0.6 is 22.6 Å². The topological polar surface area (TPSA) is 36.3 Å². The molecule has 1 aromatic heterocycles. The largest absolute Gasteiger partial charge is 0.435 e. The van der Waals surface area contributed by atoms with Crippen LogP contribution in [0.2, 0.25) is 0 Å². The van der Waals surface area contributed by atoms with Crippen molar-refractivity contribution in [2.45, 2.75) is 32.1 Å². The average Bonchev–Trinajstić information content (AvgIpc) is 2.76. The molecule has 7 heteroatoms. The third-order valence-corrected chi connectivity index (χ3v) is 4.08. The molecule has 0 N–H and O–H groups in total. The quantitative estimate of drug-likeness (QED) is 0.741. The zero-order chi connectivity index (χ0) is 14.1. The summed E-state index contributed by atoms with van der Waals surface area (Å²) < 4.78 is 37.2. The van der Waals surface area contributed by atoms with E-state index in [0.29, 0.717) is 0 Å². The van der Waals surface area contributed by atoms with Crippen LogP contribution in [0.5, 0.6) is 5.75 Å². The summed E-state index contributed by atoms with van der Waals surface area (Å²) in [6.07, 6.45) is 3.02. The Bertz CT molecular complexity index is 612. The summed E-state index contributed by atoms with van der Waals surface area (Å²) in [5, 5.41) is 5.27. The van der Waals surface area contributed by atoms with Gasteiger partial charge in [0.05, 0.1) is 5.52 Å². The number of ether oxygens (including phenoxy) is 2. The molecule has 2 aromatic rings. The Labute approximate surface area is 128 Å². The predicted molar refractivity (Wildman–Crippen MR) is 77.9 cm³/mol. The van der Waals surface area contributed by atoms with Gasteiger partial charge in [0, 0.05) is 12.0 Å². The fourth-order valence-electron chi connectivity index (χ4n) is 2.39. The van der Waals surface area contributed by atoms with Gasteiger partial charge in [-0.3, -0.25) is 0 Å². The lowest BCUT2D eigenvalue weighted by molar-refractivity contribution is -0.0498. The first kappa shape index (κ1) is 14.0. The molecule has 1 fully saturated rings. The summed E-state index contributed by atoms with van der Waals surface area (Å²) in [6.45, 7) is -2.09. The summed E-state index contributed by atoms with van der Waals surface area (Å²) in [7, 11) is 0. The van der Waals surface area contributed by atoms with Gasteiger partial charge in [-0.2, -0.15) is 13.9 Å². The van der Waals surface area contributed by atoms with Crippen molar-refractivity contribution in [1.82, 2.24) is 9.78 Å². The number of halogens is 3. The molecule has 108 valence electrons. The Balaban J connectivity index is 1.98. The molecule has 2 heterocycles. The Hall–Kier alpha value is -0.960. The van der Waals surface area contributed by atoms with Gasteiger partial charge in [0.25, 0.3) is 0 Å². The fraction of sp³-hybridized carbons (Fsp3) is 0.462. The molecule has 1 aromatic carbocycles. The molecule has 0 radical (unpaired) electrons. The molecule has 4 nitrogen and oxygen atoms in total. The number of nitrogens with zero attached hydrogens (tertiary/aromatic N) is 2. The molecule has 1 aliphatic rings. The minimum Gasteiger partial charge on any atom is -0.435 e. The zero-order valence-electron chi connectivity index (χ0n) is 10.6. The Kier molecular flexibility index (Phi) is 4.06. The molecule has 1 atom stereocenters. The smallest absolute Gasteiger partial charge is 0.387 e. The van der Waals surface area contributed by atoms with Crippen LogP contribution in [0.1, 0.15) is 25.5 Å². The predicted octanol–water partition coefficient (Wildman–Crippen LogP) is 3.94. The normalized spacial score (nSPS) is 19.7. The van der Waals surface area contributed by atoms with Crippen LogP contribution in [-0.4, -0.2) is 23.0 Å². The second kappa shape index (κ2) is 5.80. The maximum atomic E-state index is 12.3. The van der Waals surface area contributed by atoms with Crippen LogP contribution in [0.15, 0.2) is 18.2 Å². The van der Waals surface area contributed by atoms with Gasteiger partial charge in [0.15, 0.2) is 6.23 Å². The van der Waals surface area contributed by atoms with E-state index >= 15 is 0 Å². The van der Waals surface area contributed by atoms with Crippen molar-refractivity contribution in [1.29, 1.82) is 0 Å². The number of fused-ring (bicyclic) bond motifs is 1. The first-order chi connectivity index (χ1) is 9.65. The Morgan fingerprint density at radius 1 is 1.40 bits per heavy atom. The van der Waals surface area contributed by atoms with E-state index < -0.39 is 6.61 Å². The lowest BCUT2D eigenvalue weighted by atomic mass is 10.2. The van der Waals surface area contributed by atoms with E-state index in [1.54, 1.807) is 12.1 Å². The number of aromatic nitrogens is 2. The van der Waals surface area contributed by atoms with E-state index in [9.17, 15) is 8.78 Å². The van der Waals surface area contributed by atoms with E-state index in [2.05, 4.69) is 32.4 Å². The molecule has 1 unspecified atom stereocenters. The van der Waals surface area contributed by atoms with Crippen molar-refractivity contribution >= 4 is 33.5 Å². The minimum absolute atomic E-state index is 0.0726. The van der Waals surface area contributed by atoms with E-state index in [1.807, 2.05) is 4.68 Å². The second-order valence-electron chi connectivity index (χ2n) is 4.61. The first-order valence-corrected chi connectivity index (χ1v) is 7.47. The van der Waals surface area contributed by atoms with Crippen molar-refractivity contribution < 1.29 is 18.3 Å². The van der Waals surface area contributed by atoms with Gasteiger partial charge < -0.3 is 9.47 Å². The third-order valence-electron chi connectivity index (χ3n) is 3.29. The van der Waals surface area contributed by atoms with Gasteiger partial charge in [-0.15, -0.1) is 0 Å². The molecule has 0 saturated carbocycles. The molecular formula is C13H13F2IN2O2. The van der Waals surface area contributed by atoms with Gasteiger partial charge in [-0.25, -0.2) is 4.68 Å². The van der Waals surface area contributed by atoms with Crippen LogP contribution in [0.3, 0.4) is 0 Å². The highest BCUT2D eigenvalue weighted by molar-refractivity contribution is 14.1. The van der Waals surface area contributed by atoms with Crippen molar-refractivity contribution in [3.05, 3.63) is 21.9 Å². The summed E-state index contributed by atoms with van der Waals surface area (Å²) in [4.78, 5) is 0. The first-order valence-electron chi connectivity index (χ1n) is 6.39. The summed E-state index contributed by atoms with van der Waals surface area (Å²) in [6, 6.07) is 4.88. The van der Waals surface area contributed by atoms with Crippen LogP contribution in [0.25, 0.3) is 10.9 Å². The van der Waals surface area contributed by atoms with Gasteiger partial charge in [-0.05, 0) is 60.1 Å². The summed E-state index contributed by atoms with van der Waals surface area (Å²) >= 11 is 2.09. The maximum absolute atomic E-state index is 12.3. The maximum Gasteiger partial charge on any atom is 0.387 e. The van der Waals surface area contributed by atoms with Gasteiger partial charge in [-0.1, -0.05) is 0 Å². The van der Waals surface area contributed by atoms with Crippen LogP contribution in [0.4, 0.5) is 8.78 Å². The number of benzene rings is 1. The van der Waals surface area contributed by atoms with Crippen molar-refractivity contribution in [3.8, 4) is 5.75 Å². The molecule has 0 amide bonds. The van der Waals surface area contributed by atoms with Crippen molar-refractivity contribution in [3.63, 3.8) is 0 Å². The van der Waals surface area contributed by atoms with Crippen LogP contribution in [-0.2, 0) is 4.74 Å². The number of alkyl halides is 2. The SMILES string of the molecule is FC(F)Oc1ccc2c(c1)c(I)nn2C1CCCCO1. The number of hydrogen-bond acceptors (Lipinski definition) is 3. The molecule has 1 saturated heterocycles. The van der Waals surface area contributed by atoms with E-state index in [0.717, 1.165) is 40.5 Å². The van der Waals surface area contributed by atoms with Crippen LogP contribution in [0, 0.1) is 3.70 Å². The lowest BCUT2D eigenvalue weighted by Crippen LogP contribution is -2.19. The third kappa shape index (κ3) is 2.73. The van der Waals surface area contributed by atoms with E-state index in [1.165, 1.54) is 6.07 Å². The Morgan fingerprint density at radius 2 is 2.25 bits per heavy atom. The second-order valence-corrected chi connectivity index (χ2v) is 5.64. The number of rotatable bonds is 3. The minimum atomic E-state index is -2.82. The molecule has 0 aliphatic carbocycles. The highest BCUT2D eigenvalue weighted by atomic mass is 127. The van der Waals surface area contributed by atoms with Crippen molar-refractivity contribution in [2.24, 2.45) is 0 Å². The van der Waals surface area contributed by atoms with Crippen LogP contribution < -0.4 is 4.74 Å². The lowest BCUT2D eigenvalue weighted by Gasteiger charge is -2.23. The zero-order valence-corrected chi connectivity index (χ0v) is 12.7. The van der Waals surface area contributed by atoms with Gasteiger partial charge >= 0.3 is 6.61 Å².